The van der Waals surface area contributed by atoms with Gasteiger partial charge < -0.3 is 14.6 Å². The van der Waals surface area contributed by atoms with Crippen LogP contribution in [0.2, 0.25) is 0 Å². The molecule has 2 heterocycles. The third-order valence-electron chi connectivity index (χ3n) is 4.04. The van der Waals surface area contributed by atoms with Gasteiger partial charge in [-0.25, -0.2) is 4.98 Å². The molecule has 1 aliphatic rings. The van der Waals surface area contributed by atoms with Crippen LogP contribution in [0.5, 0.6) is 5.75 Å². The van der Waals surface area contributed by atoms with Gasteiger partial charge in [-0.1, -0.05) is 0 Å². The number of fused-ring (bicyclic) bond motifs is 1. The van der Waals surface area contributed by atoms with Crippen LogP contribution in [0.4, 0.5) is 0 Å². The average Bonchev–Trinajstić information content (AvgIpc) is 2.86. The Morgan fingerprint density at radius 2 is 2.30 bits per heavy atom. The molecular formula is C16H23N3O. The summed E-state index contributed by atoms with van der Waals surface area (Å²) in [5, 5.41) is 3.48. The van der Waals surface area contributed by atoms with Crippen LogP contribution in [0.3, 0.4) is 0 Å². The fourth-order valence-corrected chi connectivity index (χ4v) is 3.10. The number of aryl methyl sites for hydroxylation is 1. The summed E-state index contributed by atoms with van der Waals surface area (Å²) in [6.07, 6.45) is 2.47. The molecular weight excluding hydrogens is 250 g/mol. The van der Waals surface area contributed by atoms with Gasteiger partial charge in [0.15, 0.2) is 0 Å². The number of hydrogen-bond donors (Lipinski definition) is 1. The summed E-state index contributed by atoms with van der Waals surface area (Å²) < 4.78 is 7.93. The molecule has 1 aliphatic heterocycles. The van der Waals surface area contributed by atoms with E-state index in [1.165, 1.54) is 24.2 Å². The molecule has 2 aromatic rings. The van der Waals surface area contributed by atoms with Crippen molar-refractivity contribution in [2.45, 2.75) is 39.2 Å². The first kappa shape index (κ1) is 13.4. The number of imidazole rings is 1. The lowest BCUT2D eigenvalue weighted by atomic mass is 9.99. The maximum absolute atomic E-state index is 5.58. The number of ether oxygens (including phenoxy) is 1. The molecule has 1 unspecified atom stereocenters. The number of benzene rings is 1. The van der Waals surface area contributed by atoms with E-state index < -0.39 is 0 Å². The number of aromatic nitrogens is 2. The van der Waals surface area contributed by atoms with E-state index in [2.05, 4.69) is 28.9 Å². The lowest BCUT2D eigenvalue weighted by Gasteiger charge is -2.22. The van der Waals surface area contributed by atoms with E-state index >= 15 is 0 Å². The zero-order valence-corrected chi connectivity index (χ0v) is 12.4. The molecule has 1 atom stereocenters. The lowest BCUT2D eigenvalue weighted by molar-refractivity contribution is 0.340. The van der Waals surface area contributed by atoms with Gasteiger partial charge in [-0.3, -0.25) is 0 Å². The molecule has 4 heteroatoms. The average molecular weight is 273 g/mol. The van der Waals surface area contributed by atoms with Gasteiger partial charge in [0, 0.05) is 25.1 Å². The van der Waals surface area contributed by atoms with Crippen molar-refractivity contribution in [1.82, 2.24) is 14.9 Å². The molecule has 1 N–H and O–H groups in total. The third-order valence-corrected chi connectivity index (χ3v) is 4.04. The molecule has 0 spiro atoms. The summed E-state index contributed by atoms with van der Waals surface area (Å²) in [5.74, 6) is 2.67. The van der Waals surface area contributed by atoms with E-state index in [4.69, 9.17) is 9.72 Å². The number of nitrogens with zero attached hydrogens (tertiary/aromatic N) is 2. The zero-order valence-electron chi connectivity index (χ0n) is 12.4. The molecule has 0 bridgehead atoms. The fourth-order valence-electron chi connectivity index (χ4n) is 3.10. The van der Waals surface area contributed by atoms with Crippen LogP contribution in [0.25, 0.3) is 11.0 Å². The van der Waals surface area contributed by atoms with Crippen molar-refractivity contribution in [2.75, 3.05) is 19.7 Å². The minimum absolute atomic E-state index is 0.534. The summed E-state index contributed by atoms with van der Waals surface area (Å²) in [6, 6.07) is 6.24. The number of nitrogens with one attached hydrogen (secondary N) is 1. The van der Waals surface area contributed by atoms with Gasteiger partial charge in [-0.2, -0.15) is 0 Å². The second kappa shape index (κ2) is 5.83. The van der Waals surface area contributed by atoms with Crippen LogP contribution in [0.1, 0.15) is 38.4 Å². The summed E-state index contributed by atoms with van der Waals surface area (Å²) in [7, 11) is 0. The second-order valence-electron chi connectivity index (χ2n) is 5.34. The SMILES string of the molecule is CCOc1ccc2c(c1)nc(C1CCCNC1)n2CC. The molecule has 1 fully saturated rings. The Bertz CT molecular complexity index is 585. The minimum Gasteiger partial charge on any atom is -0.494 e. The highest BCUT2D eigenvalue weighted by Gasteiger charge is 2.21. The molecule has 20 heavy (non-hydrogen) atoms. The maximum atomic E-state index is 5.58. The van der Waals surface area contributed by atoms with Crippen molar-refractivity contribution in [3.63, 3.8) is 0 Å². The monoisotopic (exact) mass is 273 g/mol. The van der Waals surface area contributed by atoms with E-state index in [9.17, 15) is 0 Å². The Morgan fingerprint density at radius 3 is 3.00 bits per heavy atom. The van der Waals surface area contributed by atoms with Crippen LogP contribution in [-0.4, -0.2) is 29.2 Å². The number of piperidine rings is 1. The van der Waals surface area contributed by atoms with Crippen LogP contribution < -0.4 is 10.1 Å². The van der Waals surface area contributed by atoms with E-state index in [-0.39, 0.29) is 0 Å². The zero-order chi connectivity index (χ0) is 13.9. The number of rotatable bonds is 4. The Labute approximate surface area is 120 Å². The van der Waals surface area contributed by atoms with Gasteiger partial charge in [0.05, 0.1) is 17.6 Å². The molecule has 108 valence electrons. The van der Waals surface area contributed by atoms with E-state index in [0.717, 1.165) is 30.9 Å². The van der Waals surface area contributed by atoms with Crippen LogP contribution >= 0.6 is 0 Å². The Morgan fingerprint density at radius 1 is 1.40 bits per heavy atom. The second-order valence-corrected chi connectivity index (χ2v) is 5.34. The van der Waals surface area contributed by atoms with Gasteiger partial charge in [0.1, 0.15) is 11.6 Å². The van der Waals surface area contributed by atoms with Gasteiger partial charge in [-0.15, -0.1) is 0 Å². The molecule has 1 saturated heterocycles. The molecule has 0 radical (unpaired) electrons. The van der Waals surface area contributed by atoms with Gasteiger partial charge in [0.25, 0.3) is 0 Å². The van der Waals surface area contributed by atoms with Crippen LogP contribution in [0, 0.1) is 0 Å². The van der Waals surface area contributed by atoms with Crippen molar-refractivity contribution in [2.24, 2.45) is 0 Å². The number of hydrogen-bond acceptors (Lipinski definition) is 3. The smallest absolute Gasteiger partial charge is 0.121 e. The fraction of sp³-hybridized carbons (Fsp3) is 0.562. The highest BCUT2D eigenvalue weighted by molar-refractivity contribution is 5.78. The first-order chi connectivity index (χ1) is 9.83. The molecule has 0 aliphatic carbocycles. The predicted molar refractivity (Wildman–Crippen MR) is 81.4 cm³/mol. The van der Waals surface area contributed by atoms with Gasteiger partial charge in [-0.05, 0) is 45.4 Å². The quantitative estimate of drug-likeness (QED) is 0.931. The normalized spacial score (nSPS) is 19.4. The van der Waals surface area contributed by atoms with Crippen molar-refractivity contribution >= 4 is 11.0 Å². The topological polar surface area (TPSA) is 39.1 Å². The minimum atomic E-state index is 0.534. The lowest BCUT2D eigenvalue weighted by Crippen LogP contribution is -2.30. The Kier molecular flexibility index (Phi) is 3.92. The molecule has 3 rings (SSSR count). The Balaban J connectivity index is 2.02. The molecule has 1 aromatic heterocycles. The molecule has 4 nitrogen and oxygen atoms in total. The van der Waals surface area contributed by atoms with Gasteiger partial charge in [0.2, 0.25) is 0 Å². The third kappa shape index (κ3) is 2.40. The van der Waals surface area contributed by atoms with Crippen LogP contribution in [0.15, 0.2) is 18.2 Å². The maximum Gasteiger partial charge on any atom is 0.121 e. The van der Waals surface area contributed by atoms with Crippen molar-refractivity contribution in [3.05, 3.63) is 24.0 Å². The van der Waals surface area contributed by atoms with Crippen molar-refractivity contribution in [3.8, 4) is 5.75 Å². The largest absolute Gasteiger partial charge is 0.494 e. The standard InChI is InChI=1S/C16H23N3O/c1-3-19-15-8-7-13(20-4-2)10-14(15)18-16(19)12-6-5-9-17-11-12/h7-8,10,12,17H,3-6,9,11H2,1-2H3. The van der Waals surface area contributed by atoms with Crippen LogP contribution in [-0.2, 0) is 6.54 Å². The highest BCUT2D eigenvalue weighted by Crippen LogP contribution is 2.28. The highest BCUT2D eigenvalue weighted by atomic mass is 16.5. The molecule has 1 aromatic carbocycles. The first-order valence-corrected chi connectivity index (χ1v) is 7.67. The van der Waals surface area contributed by atoms with E-state index in [1.807, 2.05) is 13.0 Å². The summed E-state index contributed by atoms with van der Waals surface area (Å²) in [6.45, 7) is 8.04. The van der Waals surface area contributed by atoms with Crippen molar-refractivity contribution < 1.29 is 4.74 Å². The molecule has 0 saturated carbocycles. The summed E-state index contributed by atoms with van der Waals surface area (Å²) in [4.78, 5) is 4.89. The summed E-state index contributed by atoms with van der Waals surface area (Å²) >= 11 is 0. The van der Waals surface area contributed by atoms with E-state index in [0.29, 0.717) is 12.5 Å². The summed E-state index contributed by atoms with van der Waals surface area (Å²) in [5.41, 5.74) is 2.27. The van der Waals surface area contributed by atoms with Gasteiger partial charge >= 0.3 is 0 Å². The Hall–Kier alpha value is -1.55. The van der Waals surface area contributed by atoms with Crippen molar-refractivity contribution in [1.29, 1.82) is 0 Å². The van der Waals surface area contributed by atoms with E-state index in [1.54, 1.807) is 0 Å². The first-order valence-electron chi connectivity index (χ1n) is 7.67. The predicted octanol–water partition coefficient (Wildman–Crippen LogP) is 2.92. The molecule has 0 amide bonds.